The van der Waals surface area contributed by atoms with Gasteiger partial charge in [-0.15, -0.1) is 0 Å². The summed E-state index contributed by atoms with van der Waals surface area (Å²) in [5.74, 6) is 0.757. The molecule has 9 nitrogen and oxygen atoms in total. The molecule has 0 aliphatic carbocycles. The third-order valence-electron chi connectivity index (χ3n) is 4.38. The average molecular weight is 402 g/mol. The monoisotopic (exact) mass is 402 g/mol. The summed E-state index contributed by atoms with van der Waals surface area (Å²) in [5.41, 5.74) is 1.99. The molecule has 0 heterocycles. The number of methoxy groups -OCH3 is 1. The fourth-order valence-electron chi connectivity index (χ4n) is 2.93. The second kappa shape index (κ2) is 10.7. The molecule has 0 unspecified atom stereocenters. The molecule has 0 saturated carbocycles. The Balaban J connectivity index is 2.06. The Morgan fingerprint density at radius 3 is 2.48 bits per heavy atom. The number of ether oxygens (including phenoxy) is 1. The molecule has 0 aromatic heterocycles. The summed E-state index contributed by atoms with van der Waals surface area (Å²) in [6.07, 6.45) is 0.272. The molecule has 2 aromatic rings. The van der Waals surface area contributed by atoms with Crippen LogP contribution in [0.25, 0.3) is 0 Å². The normalized spacial score (nSPS) is 10.3. The highest BCUT2D eigenvalue weighted by atomic mass is 16.6. The number of unbranched alkanes of at least 4 members (excludes halogenated alkanes) is 1. The van der Waals surface area contributed by atoms with Crippen molar-refractivity contribution in [2.75, 3.05) is 37.5 Å². The van der Waals surface area contributed by atoms with E-state index in [-0.39, 0.29) is 10.6 Å². The number of benzene rings is 2. The lowest BCUT2D eigenvalue weighted by Gasteiger charge is -2.21. The van der Waals surface area contributed by atoms with Gasteiger partial charge in [0.05, 0.1) is 12.0 Å². The first-order chi connectivity index (χ1) is 13.9. The average Bonchev–Trinajstić information content (AvgIpc) is 2.70. The van der Waals surface area contributed by atoms with Crippen LogP contribution in [0, 0.1) is 10.1 Å². The summed E-state index contributed by atoms with van der Waals surface area (Å²) in [6.45, 7) is 1.37. The van der Waals surface area contributed by atoms with Crippen LogP contribution in [0.5, 0.6) is 5.75 Å². The van der Waals surface area contributed by atoms with Crippen molar-refractivity contribution in [3.63, 3.8) is 0 Å². The van der Waals surface area contributed by atoms with Gasteiger partial charge >= 0.3 is 11.8 Å². The van der Waals surface area contributed by atoms with Crippen molar-refractivity contribution in [1.82, 2.24) is 5.32 Å². The number of hydrogen-bond donors (Lipinski definition) is 3. The molecular formula is C20H26N4O5. The number of rotatable bonds is 11. The first-order valence-corrected chi connectivity index (χ1v) is 9.24. The maximum absolute atomic E-state index is 11.7. The Morgan fingerprint density at radius 1 is 1.17 bits per heavy atom. The van der Waals surface area contributed by atoms with Crippen LogP contribution in [-0.4, -0.2) is 43.4 Å². The van der Waals surface area contributed by atoms with Gasteiger partial charge in [-0.3, -0.25) is 10.1 Å². The first-order valence-electron chi connectivity index (χ1n) is 9.24. The topological polar surface area (TPSA) is 117 Å². The van der Waals surface area contributed by atoms with Gasteiger partial charge in [0.2, 0.25) is 0 Å². The second-order valence-corrected chi connectivity index (χ2v) is 6.50. The van der Waals surface area contributed by atoms with Gasteiger partial charge in [0, 0.05) is 26.7 Å². The van der Waals surface area contributed by atoms with Crippen LogP contribution in [0.3, 0.4) is 0 Å². The van der Waals surface area contributed by atoms with E-state index in [1.54, 1.807) is 25.3 Å². The number of anilines is 2. The summed E-state index contributed by atoms with van der Waals surface area (Å²) < 4.78 is 5.15. The highest BCUT2D eigenvalue weighted by Crippen LogP contribution is 2.35. The van der Waals surface area contributed by atoms with Crippen molar-refractivity contribution in [1.29, 1.82) is 0 Å². The van der Waals surface area contributed by atoms with Gasteiger partial charge in [0.25, 0.3) is 0 Å². The molecule has 2 aromatic carbocycles. The van der Waals surface area contributed by atoms with Crippen molar-refractivity contribution >= 4 is 23.2 Å². The standard InChI is InChI=1S/C20H26N4O5/c1-23(14-15-8-10-16(29-2)11-9-15)18-7-5-6-17(19(18)24(27)28)21-12-3-4-13-22-20(25)26/h5-11,21-22H,3-4,12-14H2,1-2H3,(H,25,26). The van der Waals surface area contributed by atoms with E-state index >= 15 is 0 Å². The van der Waals surface area contributed by atoms with Crippen molar-refractivity contribution in [2.24, 2.45) is 0 Å². The molecule has 0 radical (unpaired) electrons. The van der Waals surface area contributed by atoms with Crippen LogP contribution < -0.4 is 20.3 Å². The van der Waals surface area contributed by atoms with Crippen LogP contribution in [0.1, 0.15) is 18.4 Å². The minimum atomic E-state index is -1.05. The van der Waals surface area contributed by atoms with E-state index in [1.165, 1.54) is 0 Å². The maximum atomic E-state index is 11.7. The van der Waals surface area contributed by atoms with E-state index in [0.29, 0.717) is 43.9 Å². The molecule has 156 valence electrons. The summed E-state index contributed by atoms with van der Waals surface area (Å²) >= 11 is 0. The fraction of sp³-hybridized carbons (Fsp3) is 0.350. The lowest BCUT2D eigenvalue weighted by atomic mass is 10.1. The van der Waals surface area contributed by atoms with Crippen LogP contribution in [0.15, 0.2) is 42.5 Å². The quantitative estimate of drug-likeness (QED) is 0.298. The number of nitrogens with zero attached hydrogens (tertiary/aromatic N) is 2. The van der Waals surface area contributed by atoms with Gasteiger partial charge in [0.1, 0.15) is 17.1 Å². The Labute approximate surface area is 169 Å². The largest absolute Gasteiger partial charge is 0.497 e. The second-order valence-electron chi connectivity index (χ2n) is 6.50. The maximum Gasteiger partial charge on any atom is 0.404 e. The van der Waals surface area contributed by atoms with Crippen LogP contribution in [0.4, 0.5) is 21.9 Å². The van der Waals surface area contributed by atoms with Gasteiger partial charge in [-0.1, -0.05) is 18.2 Å². The SMILES string of the molecule is COc1ccc(CN(C)c2cccc(NCCCCNC(=O)O)c2[N+](=O)[O-])cc1. The number of carbonyl (C=O) groups is 1. The smallest absolute Gasteiger partial charge is 0.404 e. The van der Waals surface area contributed by atoms with Gasteiger partial charge in [-0.05, 0) is 42.7 Å². The predicted molar refractivity (Wildman–Crippen MR) is 112 cm³/mol. The highest BCUT2D eigenvalue weighted by molar-refractivity contribution is 5.77. The molecule has 0 spiro atoms. The van der Waals surface area contributed by atoms with E-state index in [2.05, 4.69) is 10.6 Å². The molecule has 0 aliphatic rings. The van der Waals surface area contributed by atoms with E-state index in [0.717, 1.165) is 11.3 Å². The number of amides is 1. The van der Waals surface area contributed by atoms with E-state index in [9.17, 15) is 14.9 Å². The summed E-state index contributed by atoms with van der Waals surface area (Å²) in [4.78, 5) is 23.6. The van der Waals surface area contributed by atoms with Gasteiger partial charge in [0.15, 0.2) is 0 Å². The predicted octanol–water partition coefficient (Wildman–Crippen LogP) is 3.70. The molecule has 0 saturated heterocycles. The number of nitro benzene ring substituents is 1. The Bertz CT molecular complexity index is 826. The molecule has 2 rings (SSSR count). The third kappa shape index (κ3) is 6.56. The van der Waals surface area contributed by atoms with Crippen LogP contribution >= 0.6 is 0 Å². The number of nitrogens with one attached hydrogen (secondary N) is 2. The lowest BCUT2D eigenvalue weighted by molar-refractivity contribution is -0.383. The molecule has 0 bridgehead atoms. The summed E-state index contributed by atoms with van der Waals surface area (Å²) in [6, 6.07) is 12.7. The van der Waals surface area contributed by atoms with E-state index in [1.807, 2.05) is 36.2 Å². The highest BCUT2D eigenvalue weighted by Gasteiger charge is 2.22. The molecule has 29 heavy (non-hydrogen) atoms. The van der Waals surface area contributed by atoms with Gasteiger partial charge in [-0.25, -0.2) is 4.79 Å². The zero-order chi connectivity index (χ0) is 21.2. The van der Waals surface area contributed by atoms with Gasteiger partial charge < -0.3 is 25.4 Å². The molecule has 0 atom stereocenters. The zero-order valence-corrected chi connectivity index (χ0v) is 16.6. The number of carboxylic acid groups (broad SMARTS) is 1. The molecule has 9 heteroatoms. The third-order valence-corrected chi connectivity index (χ3v) is 4.38. The molecule has 0 aliphatic heterocycles. The number of hydrogen-bond acceptors (Lipinski definition) is 6. The van der Waals surface area contributed by atoms with Crippen molar-refractivity contribution in [3.05, 3.63) is 58.1 Å². The van der Waals surface area contributed by atoms with E-state index < -0.39 is 6.09 Å². The minimum absolute atomic E-state index is 0.0205. The Morgan fingerprint density at radius 2 is 1.86 bits per heavy atom. The van der Waals surface area contributed by atoms with Crippen molar-refractivity contribution < 1.29 is 19.6 Å². The fourth-order valence-corrected chi connectivity index (χ4v) is 2.93. The molecule has 0 fully saturated rings. The Kier molecular flexibility index (Phi) is 8.08. The lowest BCUT2D eigenvalue weighted by Crippen LogP contribution is -2.22. The molecular weight excluding hydrogens is 376 g/mol. The summed E-state index contributed by atoms with van der Waals surface area (Å²) in [5, 5.41) is 25.7. The van der Waals surface area contributed by atoms with Crippen LogP contribution in [0.2, 0.25) is 0 Å². The number of para-hydroxylation sites is 1. The van der Waals surface area contributed by atoms with Gasteiger partial charge in [-0.2, -0.15) is 0 Å². The first kappa shape index (κ1) is 21.8. The van der Waals surface area contributed by atoms with E-state index in [4.69, 9.17) is 9.84 Å². The van der Waals surface area contributed by atoms with Crippen molar-refractivity contribution in [3.8, 4) is 5.75 Å². The summed E-state index contributed by atoms with van der Waals surface area (Å²) in [7, 11) is 3.42. The van der Waals surface area contributed by atoms with Crippen LogP contribution in [-0.2, 0) is 6.54 Å². The Hall–Kier alpha value is -3.49. The molecule has 1 amide bonds. The molecule has 3 N–H and O–H groups in total. The number of nitro groups is 1. The zero-order valence-electron chi connectivity index (χ0n) is 16.6. The minimum Gasteiger partial charge on any atom is -0.497 e. The van der Waals surface area contributed by atoms with Crippen molar-refractivity contribution in [2.45, 2.75) is 19.4 Å².